The van der Waals surface area contributed by atoms with Gasteiger partial charge in [-0.15, -0.1) is 0 Å². The Bertz CT molecular complexity index is 686. The van der Waals surface area contributed by atoms with E-state index in [1.807, 2.05) is 23.1 Å². The zero-order valence-electron chi connectivity index (χ0n) is 16.8. The van der Waals surface area contributed by atoms with E-state index in [0.717, 1.165) is 51.6 Å². The van der Waals surface area contributed by atoms with E-state index in [4.69, 9.17) is 0 Å². The van der Waals surface area contributed by atoms with Gasteiger partial charge in [0.2, 0.25) is 17.7 Å². The number of nitrogens with zero attached hydrogens (tertiary/aromatic N) is 3. The Morgan fingerprint density at radius 2 is 1.75 bits per heavy atom. The number of likely N-dealkylation sites (tertiary alicyclic amines) is 2. The fourth-order valence-corrected chi connectivity index (χ4v) is 4.13. The lowest BCUT2D eigenvalue weighted by atomic mass is 10.1. The molecule has 2 fully saturated rings. The van der Waals surface area contributed by atoms with Crippen molar-refractivity contribution in [3.05, 3.63) is 35.9 Å². The average Bonchev–Trinajstić information content (AvgIpc) is 3.40. The van der Waals surface area contributed by atoms with Crippen LogP contribution in [0.1, 0.15) is 44.1 Å². The van der Waals surface area contributed by atoms with E-state index in [1.54, 1.807) is 11.9 Å². The molecule has 6 heteroatoms. The summed E-state index contributed by atoms with van der Waals surface area (Å²) in [5, 5.41) is 0. The molecule has 0 aromatic heterocycles. The first-order valence-electron chi connectivity index (χ1n) is 10.4. The SMILES string of the molecule is CN(CC(=O)N1CCC[C@H]1C(=O)N1CCCC1)C(=O)CCCc1ccccc1. The molecular weight excluding hydrogens is 354 g/mol. The Morgan fingerprint density at radius 3 is 2.46 bits per heavy atom. The van der Waals surface area contributed by atoms with Gasteiger partial charge in [-0.1, -0.05) is 30.3 Å². The van der Waals surface area contributed by atoms with Crippen molar-refractivity contribution in [2.45, 2.75) is 51.0 Å². The van der Waals surface area contributed by atoms with Crippen LogP contribution in [0, 0.1) is 0 Å². The summed E-state index contributed by atoms with van der Waals surface area (Å²) < 4.78 is 0. The van der Waals surface area contributed by atoms with Crippen LogP contribution in [0.2, 0.25) is 0 Å². The Labute approximate surface area is 167 Å². The van der Waals surface area contributed by atoms with Gasteiger partial charge >= 0.3 is 0 Å². The largest absolute Gasteiger partial charge is 0.341 e. The minimum Gasteiger partial charge on any atom is -0.341 e. The van der Waals surface area contributed by atoms with Crippen molar-refractivity contribution in [3.8, 4) is 0 Å². The number of carbonyl (C=O) groups excluding carboxylic acids is 3. The summed E-state index contributed by atoms with van der Waals surface area (Å²) in [4.78, 5) is 42.9. The number of hydrogen-bond acceptors (Lipinski definition) is 3. The molecule has 0 saturated carbocycles. The highest BCUT2D eigenvalue weighted by molar-refractivity contribution is 5.90. The quantitative estimate of drug-likeness (QED) is 0.722. The van der Waals surface area contributed by atoms with Gasteiger partial charge in [0.1, 0.15) is 6.04 Å². The predicted octanol–water partition coefficient (Wildman–Crippen LogP) is 2.08. The van der Waals surface area contributed by atoms with Crippen LogP contribution in [0.15, 0.2) is 30.3 Å². The average molecular weight is 386 g/mol. The first-order valence-corrected chi connectivity index (χ1v) is 10.4. The van der Waals surface area contributed by atoms with Crippen LogP contribution in [0.3, 0.4) is 0 Å². The predicted molar refractivity (Wildman–Crippen MR) is 108 cm³/mol. The summed E-state index contributed by atoms with van der Waals surface area (Å²) in [6, 6.07) is 9.75. The molecule has 0 aliphatic carbocycles. The van der Waals surface area contributed by atoms with E-state index in [0.29, 0.717) is 13.0 Å². The zero-order valence-corrected chi connectivity index (χ0v) is 16.8. The lowest BCUT2D eigenvalue weighted by molar-refractivity contribution is -0.145. The third-order valence-corrected chi connectivity index (χ3v) is 5.77. The zero-order chi connectivity index (χ0) is 19.9. The van der Waals surface area contributed by atoms with Gasteiger partial charge in [-0.2, -0.15) is 0 Å². The van der Waals surface area contributed by atoms with Crippen molar-refractivity contribution in [2.24, 2.45) is 0 Å². The van der Waals surface area contributed by atoms with Crippen molar-refractivity contribution in [3.63, 3.8) is 0 Å². The molecular formula is C22H31N3O3. The number of hydrogen-bond donors (Lipinski definition) is 0. The number of rotatable bonds is 7. The molecule has 2 heterocycles. The van der Waals surface area contributed by atoms with E-state index >= 15 is 0 Å². The molecule has 0 radical (unpaired) electrons. The summed E-state index contributed by atoms with van der Waals surface area (Å²) in [5.41, 5.74) is 1.22. The van der Waals surface area contributed by atoms with Crippen LogP contribution < -0.4 is 0 Å². The molecule has 1 atom stereocenters. The Kier molecular flexibility index (Phi) is 7.06. The van der Waals surface area contributed by atoms with E-state index in [1.165, 1.54) is 10.5 Å². The van der Waals surface area contributed by atoms with Crippen molar-refractivity contribution >= 4 is 17.7 Å². The van der Waals surface area contributed by atoms with Crippen molar-refractivity contribution in [2.75, 3.05) is 33.2 Å². The molecule has 28 heavy (non-hydrogen) atoms. The molecule has 0 unspecified atom stereocenters. The Hall–Kier alpha value is -2.37. The highest BCUT2D eigenvalue weighted by Crippen LogP contribution is 2.22. The number of likely N-dealkylation sites (N-methyl/N-ethyl adjacent to an activating group) is 1. The molecule has 1 aromatic rings. The second kappa shape index (κ2) is 9.71. The summed E-state index contributed by atoms with van der Waals surface area (Å²) >= 11 is 0. The fraction of sp³-hybridized carbons (Fsp3) is 0.591. The molecule has 1 aromatic carbocycles. The number of aryl methyl sites for hydroxylation is 1. The van der Waals surface area contributed by atoms with Crippen molar-refractivity contribution in [1.29, 1.82) is 0 Å². The van der Waals surface area contributed by atoms with E-state index < -0.39 is 0 Å². The van der Waals surface area contributed by atoms with Gasteiger partial charge in [0, 0.05) is 33.1 Å². The van der Waals surface area contributed by atoms with E-state index in [2.05, 4.69) is 12.1 Å². The first-order chi connectivity index (χ1) is 13.6. The van der Waals surface area contributed by atoms with Gasteiger partial charge in [-0.3, -0.25) is 14.4 Å². The number of carbonyl (C=O) groups is 3. The Balaban J connectivity index is 1.45. The van der Waals surface area contributed by atoms with Gasteiger partial charge in [-0.25, -0.2) is 0 Å². The van der Waals surface area contributed by atoms with Crippen molar-refractivity contribution < 1.29 is 14.4 Å². The second-order valence-corrected chi connectivity index (χ2v) is 7.87. The van der Waals surface area contributed by atoms with E-state index in [-0.39, 0.29) is 30.3 Å². The molecule has 3 amide bonds. The molecule has 2 aliphatic rings. The number of amides is 3. The molecule has 2 aliphatic heterocycles. The minimum atomic E-state index is -0.341. The third kappa shape index (κ3) is 5.12. The smallest absolute Gasteiger partial charge is 0.245 e. The highest BCUT2D eigenvalue weighted by atomic mass is 16.2. The van der Waals surface area contributed by atoms with Crippen LogP contribution in [0.25, 0.3) is 0 Å². The summed E-state index contributed by atoms with van der Waals surface area (Å²) in [7, 11) is 1.68. The molecule has 152 valence electrons. The maximum Gasteiger partial charge on any atom is 0.245 e. The monoisotopic (exact) mass is 385 g/mol. The third-order valence-electron chi connectivity index (χ3n) is 5.77. The van der Waals surface area contributed by atoms with Gasteiger partial charge in [-0.05, 0) is 44.1 Å². The van der Waals surface area contributed by atoms with Gasteiger partial charge in [0.15, 0.2) is 0 Å². The molecule has 0 N–H and O–H groups in total. The maximum absolute atomic E-state index is 12.7. The van der Waals surface area contributed by atoms with Crippen LogP contribution >= 0.6 is 0 Å². The molecule has 2 saturated heterocycles. The van der Waals surface area contributed by atoms with E-state index in [9.17, 15) is 14.4 Å². The van der Waals surface area contributed by atoms with Crippen molar-refractivity contribution in [1.82, 2.24) is 14.7 Å². The highest BCUT2D eigenvalue weighted by Gasteiger charge is 2.37. The van der Waals surface area contributed by atoms with Gasteiger partial charge in [0.25, 0.3) is 0 Å². The lowest BCUT2D eigenvalue weighted by Gasteiger charge is -2.29. The first kappa shape index (κ1) is 20.4. The summed E-state index contributed by atoms with van der Waals surface area (Å²) in [6.07, 6.45) is 5.72. The minimum absolute atomic E-state index is 0.0223. The molecule has 3 rings (SSSR count). The summed E-state index contributed by atoms with van der Waals surface area (Å²) in [6.45, 7) is 2.27. The van der Waals surface area contributed by atoms with Crippen LogP contribution in [0.4, 0.5) is 0 Å². The fourth-order valence-electron chi connectivity index (χ4n) is 4.13. The normalized spacial score (nSPS) is 19.1. The summed E-state index contributed by atoms with van der Waals surface area (Å²) in [5.74, 6) is -0.0555. The van der Waals surface area contributed by atoms with Crippen LogP contribution in [-0.2, 0) is 20.8 Å². The standard InChI is InChI=1S/C22H31N3O3/c1-23(20(26)13-7-11-18-9-3-2-4-10-18)17-21(27)25-16-8-12-19(25)22(28)24-14-5-6-15-24/h2-4,9-10,19H,5-8,11-17H2,1H3/t19-/m0/s1. The van der Waals surface area contributed by atoms with Gasteiger partial charge < -0.3 is 14.7 Å². The lowest BCUT2D eigenvalue weighted by Crippen LogP contribution is -2.49. The molecule has 0 spiro atoms. The maximum atomic E-state index is 12.7. The molecule has 0 bridgehead atoms. The topological polar surface area (TPSA) is 60.9 Å². The van der Waals surface area contributed by atoms with Crippen LogP contribution in [-0.4, -0.2) is 71.7 Å². The second-order valence-electron chi connectivity index (χ2n) is 7.87. The molecule has 6 nitrogen and oxygen atoms in total. The van der Waals surface area contributed by atoms with Gasteiger partial charge in [0.05, 0.1) is 6.54 Å². The van der Waals surface area contributed by atoms with Crippen LogP contribution in [0.5, 0.6) is 0 Å². The Morgan fingerprint density at radius 1 is 1.04 bits per heavy atom. The number of benzene rings is 1.